The lowest BCUT2D eigenvalue weighted by molar-refractivity contribution is -0.127. The van der Waals surface area contributed by atoms with Crippen LogP contribution in [0, 0.1) is 5.82 Å². The van der Waals surface area contributed by atoms with Crippen LogP contribution in [0.3, 0.4) is 0 Å². The van der Waals surface area contributed by atoms with Gasteiger partial charge in [0.1, 0.15) is 11.6 Å². The van der Waals surface area contributed by atoms with E-state index in [-0.39, 0.29) is 17.1 Å². The number of carbonyl (C=O) groups excluding carboxylic acids is 1. The Balaban J connectivity index is 1.44. The van der Waals surface area contributed by atoms with Crippen molar-refractivity contribution in [2.24, 2.45) is 5.73 Å². The van der Waals surface area contributed by atoms with E-state index in [4.69, 9.17) is 10.5 Å². The molecule has 2 N–H and O–H groups in total. The fourth-order valence-electron chi connectivity index (χ4n) is 3.98. The van der Waals surface area contributed by atoms with Crippen LogP contribution >= 0.6 is 0 Å². The number of likely N-dealkylation sites (tertiary alicyclic amines) is 1. The Bertz CT molecular complexity index is 886. The molecule has 2 aliphatic heterocycles. The molecule has 5 heteroatoms. The van der Waals surface area contributed by atoms with Gasteiger partial charge in [0.15, 0.2) is 0 Å². The number of amides is 1. The molecule has 2 heterocycles. The highest BCUT2D eigenvalue weighted by molar-refractivity contribution is 5.91. The minimum absolute atomic E-state index is 0.0352. The predicted octanol–water partition coefficient (Wildman–Crippen LogP) is 3.25. The molecule has 1 fully saturated rings. The van der Waals surface area contributed by atoms with Gasteiger partial charge in [-0.2, -0.15) is 0 Å². The molecule has 1 saturated heterocycles. The van der Waals surface area contributed by atoms with Gasteiger partial charge in [0.05, 0.1) is 6.61 Å². The first-order chi connectivity index (χ1) is 13.1. The third-order valence-electron chi connectivity index (χ3n) is 5.70. The van der Waals surface area contributed by atoms with Crippen LogP contribution in [0.15, 0.2) is 48.5 Å². The zero-order chi connectivity index (χ0) is 18.9. The molecule has 27 heavy (non-hydrogen) atoms. The zero-order valence-corrected chi connectivity index (χ0v) is 15.2. The first kappa shape index (κ1) is 17.7. The Labute approximate surface area is 158 Å². The van der Waals surface area contributed by atoms with Gasteiger partial charge in [-0.15, -0.1) is 0 Å². The van der Waals surface area contributed by atoms with E-state index in [9.17, 15) is 9.18 Å². The van der Waals surface area contributed by atoms with E-state index in [0.717, 1.165) is 24.2 Å². The van der Waals surface area contributed by atoms with E-state index in [2.05, 4.69) is 6.07 Å². The standard InChI is InChI=1S/C22H23FN2O2/c23-19-4-2-1-3-17(19)6-8-21(26)25-11-9-22(10-12-25)15-27-20-7-5-16(14-24)13-18(20)22/h1-8,13H,9-12,14-15,24H2/b8-6+. The van der Waals surface area contributed by atoms with Crippen molar-refractivity contribution in [2.45, 2.75) is 24.8 Å². The van der Waals surface area contributed by atoms with Gasteiger partial charge in [-0.25, -0.2) is 4.39 Å². The van der Waals surface area contributed by atoms with Crippen LogP contribution in [0.5, 0.6) is 5.75 Å². The number of piperidine rings is 1. The van der Waals surface area contributed by atoms with E-state index in [1.807, 2.05) is 17.0 Å². The minimum Gasteiger partial charge on any atom is -0.492 e. The van der Waals surface area contributed by atoms with Crippen LogP contribution in [0.2, 0.25) is 0 Å². The average molecular weight is 366 g/mol. The summed E-state index contributed by atoms with van der Waals surface area (Å²) in [5.74, 6) is 0.531. The van der Waals surface area contributed by atoms with Gasteiger partial charge in [0.25, 0.3) is 0 Å². The summed E-state index contributed by atoms with van der Waals surface area (Å²) in [6.07, 6.45) is 4.71. The minimum atomic E-state index is -0.324. The molecular formula is C22H23FN2O2. The lowest BCUT2D eigenvalue weighted by Crippen LogP contribution is -2.45. The second-order valence-electron chi connectivity index (χ2n) is 7.28. The van der Waals surface area contributed by atoms with Gasteiger partial charge < -0.3 is 15.4 Å². The smallest absolute Gasteiger partial charge is 0.246 e. The topological polar surface area (TPSA) is 55.6 Å². The van der Waals surface area contributed by atoms with Crippen molar-refractivity contribution in [2.75, 3.05) is 19.7 Å². The fourth-order valence-corrected chi connectivity index (χ4v) is 3.98. The lowest BCUT2D eigenvalue weighted by Gasteiger charge is -2.38. The summed E-state index contributed by atoms with van der Waals surface area (Å²) >= 11 is 0. The van der Waals surface area contributed by atoms with Crippen molar-refractivity contribution >= 4 is 12.0 Å². The van der Waals surface area contributed by atoms with E-state index < -0.39 is 0 Å². The van der Waals surface area contributed by atoms with Gasteiger partial charge in [-0.1, -0.05) is 30.3 Å². The molecule has 0 aromatic heterocycles. The number of ether oxygens (including phenoxy) is 1. The van der Waals surface area contributed by atoms with Gasteiger partial charge in [-0.3, -0.25) is 4.79 Å². The molecule has 2 aromatic carbocycles. The van der Waals surface area contributed by atoms with Crippen molar-refractivity contribution in [1.29, 1.82) is 0 Å². The van der Waals surface area contributed by atoms with E-state index in [0.29, 0.717) is 31.8 Å². The van der Waals surface area contributed by atoms with Crippen LogP contribution in [0.4, 0.5) is 4.39 Å². The number of rotatable bonds is 3. The summed E-state index contributed by atoms with van der Waals surface area (Å²) in [6.45, 7) is 2.49. The van der Waals surface area contributed by atoms with Crippen molar-refractivity contribution in [1.82, 2.24) is 4.90 Å². The Morgan fingerprint density at radius 2 is 2.00 bits per heavy atom. The maximum atomic E-state index is 13.7. The number of nitrogens with zero attached hydrogens (tertiary/aromatic N) is 1. The molecule has 2 aromatic rings. The van der Waals surface area contributed by atoms with E-state index in [1.54, 1.807) is 24.3 Å². The second kappa shape index (κ2) is 7.16. The summed E-state index contributed by atoms with van der Waals surface area (Å²) < 4.78 is 19.6. The van der Waals surface area contributed by atoms with Gasteiger partial charge in [0, 0.05) is 42.3 Å². The largest absolute Gasteiger partial charge is 0.492 e. The molecule has 4 nitrogen and oxygen atoms in total. The molecular weight excluding hydrogens is 343 g/mol. The molecule has 0 bridgehead atoms. The van der Waals surface area contributed by atoms with Crippen molar-refractivity contribution in [3.05, 3.63) is 71.0 Å². The van der Waals surface area contributed by atoms with Crippen molar-refractivity contribution < 1.29 is 13.9 Å². The van der Waals surface area contributed by atoms with Gasteiger partial charge in [-0.05, 0) is 36.6 Å². The van der Waals surface area contributed by atoms with Crippen LogP contribution in [0.25, 0.3) is 6.08 Å². The first-order valence-electron chi connectivity index (χ1n) is 9.29. The Kier molecular flexibility index (Phi) is 4.70. The number of nitrogens with two attached hydrogens (primary N) is 1. The highest BCUT2D eigenvalue weighted by Gasteiger charge is 2.43. The Morgan fingerprint density at radius 1 is 1.22 bits per heavy atom. The monoisotopic (exact) mass is 366 g/mol. The van der Waals surface area contributed by atoms with Crippen molar-refractivity contribution in [3.8, 4) is 5.75 Å². The molecule has 140 valence electrons. The fraction of sp³-hybridized carbons (Fsp3) is 0.318. The molecule has 1 spiro atoms. The van der Waals surface area contributed by atoms with E-state index in [1.165, 1.54) is 17.7 Å². The summed E-state index contributed by atoms with van der Waals surface area (Å²) in [5, 5.41) is 0. The summed E-state index contributed by atoms with van der Waals surface area (Å²) in [5.41, 5.74) is 8.50. The van der Waals surface area contributed by atoms with Gasteiger partial charge in [0.2, 0.25) is 5.91 Å². The molecule has 1 amide bonds. The third kappa shape index (κ3) is 3.35. The zero-order valence-electron chi connectivity index (χ0n) is 15.2. The molecule has 0 saturated carbocycles. The second-order valence-corrected chi connectivity index (χ2v) is 7.28. The Hall–Kier alpha value is -2.66. The molecule has 0 atom stereocenters. The van der Waals surface area contributed by atoms with Crippen LogP contribution in [0.1, 0.15) is 29.5 Å². The maximum absolute atomic E-state index is 13.7. The quantitative estimate of drug-likeness (QED) is 0.849. The molecule has 0 radical (unpaired) electrons. The normalized spacial score (nSPS) is 17.9. The Morgan fingerprint density at radius 3 is 2.74 bits per heavy atom. The highest BCUT2D eigenvalue weighted by atomic mass is 19.1. The number of halogens is 1. The first-order valence-corrected chi connectivity index (χ1v) is 9.29. The average Bonchev–Trinajstić information content (AvgIpc) is 3.05. The summed E-state index contributed by atoms with van der Waals surface area (Å²) in [4.78, 5) is 14.3. The maximum Gasteiger partial charge on any atom is 0.246 e. The van der Waals surface area contributed by atoms with Crippen LogP contribution in [-0.2, 0) is 16.8 Å². The summed E-state index contributed by atoms with van der Waals surface area (Å²) in [6, 6.07) is 12.6. The third-order valence-corrected chi connectivity index (χ3v) is 5.70. The predicted molar refractivity (Wildman–Crippen MR) is 103 cm³/mol. The van der Waals surface area contributed by atoms with Gasteiger partial charge >= 0.3 is 0 Å². The summed E-state index contributed by atoms with van der Waals surface area (Å²) in [7, 11) is 0. The number of benzene rings is 2. The van der Waals surface area contributed by atoms with E-state index >= 15 is 0 Å². The van der Waals surface area contributed by atoms with Crippen LogP contribution < -0.4 is 10.5 Å². The molecule has 0 aliphatic carbocycles. The van der Waals surface area contributed by atoms with Crippen molar-refractivity contribution in [3.63, 3.8) is 0 Å². The SMILES string of the molecule is NCc1ccc2c(c1)C1(CCN(C(=O)/C=C/c3ccccc3F)CC1)CO2. The lowest BCUT2D eigenvalue weighted by atomic mass is 9.74. The molecule has 0 unspecified atom stereocenters. The molecule has 2 aliphatic rings. The molecule has 4 rings (SSSR count). The number of fused-ring (bicyclic) bond motifs is 2. The number of hydrogen-bond donors (Lipinski definition) is 1. The van der Waals surface area contributed by atoms with Crippen LogP contribution in [-0.4, -0.2) is 30.5 Å². The number of carbonyl (C=O) groups is 1. The number of hydrogen-bond acceptors (Lipinski definition) is 3. The highest BCUT2D eigenvalue weighted by Crippen LogP contribution is 2.45.